The summed E-state index contributed by atoms with van der Waals surface area (Å²) in [5.74, 6) is -2.15. The molecule has 0 fully saturated rings. The van der Waals surface area contributed by atoms with Gasteiger partial charge in [0.1, 0.15) is 0 Å². The van der Waals surface area contributed by atoms with Crippen LogP contribution in [0, 0.1) is 0 Å². The predicted octanol–water partition coefficient (Wildman–Crippen LogP) is 5.15. The van der Waals surface area contributed by atoms with Gasteiger partial charge in [-0.15, -0.1) is 0 Å². The zero-order valence-electron chi connectivity index (χ0n) is 24.8. The number of carbonyl (C=O) groups is 2. The molecule has 0 saturated carbocycles. The van der Waals surface area contributed by atoms with Crippen molar-refractivity contribution >= 4 is 72.1 Å². The van der Waals surface area contributed by atoms with Crippen molar-refractivity contribution in [3.8, 4) is 5.75 Å². The number of benzene rings is 3. The Kier molecular flexibility index (Phi) is 10.5. The molecule has 0 aliphatic carbocycles. The van der Waals surface area contributed by atoms with Crippen LogP contribution in [0.25, 0.3) is 0 Å². The third kappa shape index (κ3) is 8.48. The SMILES string of the molecule is CC(C)(C)c1cc(CC(=S)[AsH]S(=O)(=O)c2cc(C(=O)NS(=O)(=O)c3ccc(C(=O)O)cc3)ccc2Cl)cc(C(C)(C)C)c1O. The topological polar surface area (TPSA) is 155 Å². The number of phenols is 1. The van der Waals surface area contributed by atoms with E-state index in [9.17, 15) is 31.5 Å². The van der Waals surface area contributed by atoms with Gasteiger partial charge in [-0.3, -0.25) is 0 Å². The Morgan fingerprint density at radius 3 is 1.84 bits per heavy atom. The van der Waals surface area contributed by atoms with Crippen molar-refractivity contribution in [3.05, 3.63) is 87.4 Å². The minimum atomic E-state index is -4.40. The van der Waals surface area contributed by atoms with Crippen LogP contribution in [0.2, 0.25) is 5.02 Å². The normalized spacial score (nSPS) is 12.8. The van der Waals surface area contributed by atoms with Crippen LogP contribution in [-0.4, -0.2) is 57.2 Å². The van der Waals surface area contributed by atoms with E-state index < -0.39 is 44.6 Å². The average Bonchev–Trinajstić information content (AvgIpc) is 2.87. The number of carboxylic acids is 1. The van der Waals surface area contributed by atoms with Gasteiger partial charge in [-0.05, 0) is 0 Å². The van der Waals surface area contributed by atoms with Gasteiger partial charge < -0.3 is 5.11 Å². The van der Waals surface area contributed by atoms with Crippen LogP contribution in [0.1, 0.15) is 78.9 Å². The van der Waals surface area contributed by atoms with Crippen molar-refractivity contribution in [1.82, 2.24) is 4.72 Å². The van der Waals surface area contributed by atoms with E-state index in [0.717, 1.165) is 47.0 Å². The van der Waals surface area contributed by atoms with Gasteiger partial charge in [0, 0.05) is 0 Å². The van der Waals surface area contributed by atoms with E-state index in [0.29, 0.717) is 3.65 Å². The second-order valence-corrected chi connectivity index (χ2v) is 23.1. The van der Waals surface area contributed by atoms with E-state index in [1.54, 1.807) is 0 Å². The third-order valence-corrected chi connectivity index (χ3v) is 16.0. The van der Waals surface area contributed by atoms with Gasteiger partial charge in [0.15, 0.2) is 0 Å². The Labute approximate surface area is 273 Å². The summed E-state index contributed by atoms with van der Waals surface area (Å²) in [6.07, 6.45) is 0.178. The van der Waals surface area contributed by atoms with Crippen molar-refractivity contribution < 1.29 is 36.6 Å². The van der Waals surface area contributed by atoms with Gasteiger partial charge in [0.25, 0.3) is 0 Å². The number of aromatic carboxylic acids is 1. The molecule has 0 heterocycles. The molecule has 236 valence electrons. The Balaban J connectivity index is 1.86. The summed E-state index contributed by atoms with van der Waals surface area (Å²) in [7, 11) is -8.44. The van der Waals surface area contributed by atoms with E-state index in [-0.39, 0.29) is 48.9 Å². The van der Waals surface area contributed by atoms with Crippen molar-refractivity contribution in [1.29, 1.82) is 0 Å². The first kappa shape index (κ1) is 35.7. The number of phenolic OH excluding ortho intramolecular Hbond substituents is 1. The number of amides is 1. The van der Waals surface area contributed by atoms with E-state index in [2.05, 4.69) is 0 Å². The molecule has 14 heteroatoms. The van der Waals surface area contributed by atoms with Crippen LogP contribution in [0.5, 0.6) is 5.75 Å². The molecule has 0 saturated heterocycles. The van der Waals surface area contributed by atoms with Crippen LogP contribution < -0.4 is 4.72 Å². The number of thiocarbonyl (C=S) groups is 1. The van der Waals surface area contributed by atoms with Crippen LogP contribution >= 0.6 is 23.8 Å². The van der Waals surface area contributed by atoms with Crippen LogP contribution in [0.3, 0.4) is 0 Å². The molecule has 3 aromatic carbocycles. The Morgan fingerprint density at radius 1 is 0.864 bits per heavy atom. The number of sulfonamides is 1. The minimum absolute atomic E-state index is 0.140. The zero-order chi connectivity index (χ0) is 33.4. The molecule has 0 bridgehead atoms. The predicted molar refractivity (Wildman–Crippen MR) is 176 cm³/mol. The first-order valence-electron chi connectivity index (χ1n) is 13.2. The fraction of sp³-hybridized carbons (Fsp3) is 0.300. The molecule has 0 aliphatic heterocycles. The monoisotopic (exact) mass is 741 g/mol. The number of hydrogen-bond donors (Lipinski definition) is 3. The summed E-state index contributed by atoms with van der Waals surface area (Å²) >= 11 is 9.76. The molecule has 0 radical (unpaired) electrons. The number of aromatic hydroxyl groups is 1. The zero-order valence-corrected chi connectivity index (χ0v) is 30.2. The van der Waals surface area contributed by atoms with E-state index in [1.165, 1.54) is 12.1 Å². The number of hydrogen-bond acceptors (Lipinski definition) is 8. The van der Waals surface area contributed by atoms with Crippen molar-refractivity contribution in [2.45, 2.75) is 68.6 Å². The fourth-order valence-corrected chi connectivity index (χ4v) is 13.5. The van der Waals surface area contributed by atoms with Gasteiger partial charge in [-0.2, -0.15) is 0 Å². The second kappa shape index (κ2) is 12.9. The standard InChI is InChI=1S/C30H33AsClNO8S3/c1-29(2,3)21-13-17(14-22(26(21)34)30(4,5)6)15-25(42)31-43(38,39)24-16-19(9-12-23(24)32)27(35)33-44(40,41)20-10-7-18(8-11-20)28(36)37/h7-14,16,31,34H,15H2,1-6H3,(H,33,35)(H,36,37). The molecule has 0 aromatic heterocycles. The Bertz CT molecular complexity index is 1820. The molecule has 1 atom stereocenters. The van der Waals surface area contributed by atoms with Gasteiger partial charge in [-0.25, -0.2) is 4.79 Å². The Morgan fingerprint density at radius 2 is 1.36 bits per heavy atom. The maximum absolute atomic E-state index is 13.5. The first-order valence-corrected chi connectivity index (χ1v) is 20.5. The number of nitrogens with one attached hydrogen (secondary N) is 1. The summed E-state index contributed by atoms with van der Waals surface area (Å²) < 4.78 is 54.5. The third-order valence-electron chi connectivity index (χ3n) is 6.52. The summed E-state index contributed by atoms with van der Waals surface area (Å²) in [5, 5.41) is 19.9. The molecule has 3 N–H and O–H groups in total. The van der Waals surface area contributed by atoms with Gasteiger partial charge in [0.2, 0.25) is 0 Å². The maximum atomic E-state index is 13.5. The fourth-order valence-electron chi connectivity index (χ4n) is 4.23. The summed E-state index contributed by atoms with van der Waals surface area (Å²) in [6, 6.07) is 11.3. The van der Waals surface area contributed by atoms with Crippen molar-refractivity contribution in [2.24, 2.45) is 0 Å². The number of carbonyl (C=O) groups excluding carboxylic acids is 1. The number of carboxylic acid groups (broad SMARTS) is 1. The quantitative estimate of drug-likeness (QED) is 0.200. The molecule has 1 unspecified atom stereocenters. The summed E-state index contributed by atoms with van der Waals surface area (Å²) in [6.45, 7) is 11.8. The van der Waals surface area contributed by atoms with Crippen molar-refractivity contribution in [2.75, 3.05) is 0 Å². The molecular formula is C30H33AsClNO8S3. The summed E-state index contributed by atoms with van der Waals surface area (Å²) in [4.78, 5) is 23.2. The number of rotatable bonds is 9. The number of halogens is 1. The van der Waals surface area contributed by atoms with Crippen molar-refractivity contribution in [3.63, 3.8) is 0 Å². The van der Waals surface area contributed by atoms with Crippen LogP contribution in [0.4, 0.5) is 0 Å². The molecule has 3 aromatic rings. The van der Waals surface area contributed by atoms with Crippen LogP contribution in [-0.2, 0) is 35.4 Å². The van der Waals surface area contributed by atoms with Gasteiger partial charge in [-0.1, -0.05) is 0 Å². The first-order chi connectivity index (χ1) is 20.0. The van der Waals surface area contributed by atoms with E-state index >= 15 is 0 Å². The molecular weight excluding hydrogens is 709 g/mol. The molecule has 1 amide bonds. The molecule has 44 heavy (non-hydrogen) atoms. The van der Waals surface area contributed by atoms with Crippen LogP contribution in [0.15, 0.2) is 64.4 Å². The molecule has 3 rings (SSSR count). The molecule has 0 aliphatic rings. The van der Waals surface area contributed by atoms with Gasteiger partial charge >= 0.3 is 265 Å². The van der Waals surface area contributed by atoms with E-state index in [4.69, 9.17) is 28.9 Å². The summed E-state index contributed by atoms with van der Waals surface area (Å²) in [5.41, 5.74) is 1.04. The molecule has 0 spiro atoms. The van der Waals surface area contributed by atoms with Gasteiger partial charge in [0.05, 0.1) is 0 Å². The van der Waals surface area contributed by atoms with E-state index in [1.807, 2.05) is 58.4 Å². The second-order valence-electron chi connectivity index (χ2n) is 12.2. The Hall–Kier alpha value is -2.76. The molecule has 9 nitrogen and oxygen atoms in total. The average molecular weight is 742 g/mol.